The van der Waals surface area contributed by atoms with E-state index in [4.69, 9.17) is 0 Å². The molecule has 3 heteroatoms. The van der Waals surface area contributed by atoms with Crippen molar-refractivity contribution in [3.8, 4) is 0 Å². The van der Waals surface area contributed by atoms with Crippen molar-refractivity contribution in [1.29, 1.82) is 0 Å². The first-order chi connectivity index (χ1) is 7.04. The van der Waals surface area contributed by atoms with Gasteiger partial charge in [0.05, 0.1) is 5.70 Å². The van der Waals surface area contributed by atoms with Gasteiger partial charge in [-0.25, -0.2) is 0 Å². The van der Waals surface area contributed by atoms with Crippen LogP contribution in [0.4, 0.5) is 0 Å². The molecule has 0 aromatic heterocycles. The summed E-state index contributed by atoms with van der Waals surface area (Å²) in [7, 11) is 0. The van der Waals surface area contributed by atoms with Crippen molar-refractivity contribution in [3.63, 3.8) is 0 Å². The highest BCUT2D eigenvalue weighted by molar-refractivity contribution is 14.1. The molecule has 0 saturated carbocycles. The zero-order valence-corrected chi connectivity index (χ0v) is 11.3. The van der Waals surface area contributed by atoms with E-state index >= 15 is 0 Å². The molecule has 0 fully saturated rings. The Kier molecular flexibility index (Phi) is 4.32. The second kappa shape index (κ2) is 5.30. The van der Waals surface area contributed by atoms with Gasteiger partial charge in [-0.3, -0.25) is 4.79 Å². The maximum Gasteiger partial charge on any atom is 0.221 e. The topological polar surface area (TPSA) is 29.1 Å². The highest BCUT2D eigenvalue weighted by atomic mass is 127. The fourth-order valence-electron chi connectivity index (χ4n) is 1.26. The predicted molar refractivity (Wildman–Crippen MR) is 71.7 cm³/mol. The van der Waals surface area contributed by atoms with E-state index in [2.05, 4.69) is 53.9 Å². The lowest BCUT2D eigenvalue weighted by molar-refractivity contribution is -0.117. The van der Waals surface area contributed by atoms with Gasteiger partial charge in [-0.05, 0) is 36.6 Å². The molecular formula is C12H14INO. The summed E-state index contributed by atoms with van der Waals surface area (Å²) in [5.74, 6) is -0.0452. The lowest BCUT2D eigenvalue weighted by Crippen LogP contribution is -2.17. The molecule has 0 bridgehead atoms. The van der Waals surface area contributed by atoms with Gasteiger partial charge in [-0.2, -0.15) is 0 Å². The maximum absolute atomic E-state index is 11.0. The number of hydrogen-bond donors (Lipinski definition) is 1. The van der Waals surface area contributed by atoms with Crippen LogP contribution in [-0.2, 0) is 4.79 Å². The van der Waals surface area contributed by atoms with Gasteiger partial charge in [0, 0.05) is 11.0 Å². The first-order valence-corrected chi connectivity index (χ1v) is 5.94. The lowest BCUT2D eigenvalue weighted by atomic mass is 10.0. The van der Waals surface area contributed by atoms with E-state index in [1.54, 1.807) is 0 Å². The standard InChI is InChI=1S/C12H14INO/c1-8-4-5-11(6-9(8)2)12(7-13)14-10(3)15/h4-7H,1-3H3,(H,14,15)/b12-7-. The molecule has 80 valence electrons. The largest absolute Gasteiger partial charge is 0.325 e. The Labute approximate surface area is 104 Å². The third kappa shape index (κ3) is 3.34. The van der Waals surface area contributed by atoms with Crippen LogP contribution in [0.1, 0.15) is 23.6 Å². The van der Waals surface area contributed by atoms with Crippen molar-refractivity contribution < 1.29 is 4.79 Å². The Morgan fingerprint density at radius 3 is 2.47 bits per heavy atom. The Hall–Kier alpha value is -0.840. The second-order valence-corrected chi connectivity index (χ2v) is 4.13. The molecule has 0 aliphatic heterocycles. The molecule has 0 spiro atoms. The summed E-state index contributed by atoms with van der Waals surface area (Å²) in [6, 6.07) is 6.16. The number of halogens is 1. The summed E-state index contributed by atoms with van der Waals surface area (Å²) >= 11 is 2.13. The molecule has 0 atom stereocenters. The van der Waals surface area contributed by atoms with Crippen LogP contribution in [0.15, 0.2) is 22.3 Å². The predicted octanol–water partition coefficient (Wildman–Crippen LogP) is 3.17. The minimum absolute atomic E-state index is 0.0452. The normalized spacial score (nSPS) is 11.3. The second-order valence-electron chi connectivity index (χ2n) is 3.50. The molecule has 0 unspecified atom stereocenters. The quantitative estimate of drug-likeness (QED) is 0.835. The van der Waals surface area contributed by atoms with Crippen LogP contribution in [0.2, 0.25) is 0 Å². The number of nitrogens with one attached hydrogen (secondary N) is 1. The number of benzene rings is 1. The zero-order chi connectivity index (χ0) is 11.4. The van der Waals surface area contributed by atoms with Crippen LogP contribution < -0.4 is 5.32 Å². The summed E-state index contributed by atoms with van der Waals surface area (Å²) in [5, 5.41) is 2.81. The van der Waals surface area contributed by atoms with E-state index in [1.165, 1.54) is 18.1 Å². The number of rotatable bonds is 2. The van der Waals surface area contributed by atoms with E-state index < -0.39 is 0 Å². The molecule has 0 heterocycles. The van der Waals surface area contributed by atoms with Gasteiger partial charge in [0.25, 0.3) is 0 Å². The van der Waals surface area contributed by atoms with Crippen LogP contribution in [0.25, 0.3) is 5.70 Å². The smallest absolute Gasteiger partial charge is 0.221 e. The Morgan fingerprint density at radius 1 is 1.33 bits per heavy atom. The SMILES string of the molecule is CC(=O)N/C(=C\I)c1ccc(C)c(C)c1. The molecule has 1 N–H and O–H groups in total. The van der Waals surface area contributed by atoms with Crippen molar-refractivity contribution >= 4 is 34.2 Å². The molecule has 1 aromatic carbocycles. The monoisotopic (exact) mass is 315 g/mol. The number of carbonyl (C=O) groups excluding carboxylic acids is 1. The first-order valence-electron chi connectivity index (χ1n) is 4.70. The van der Waals surface area contributed by atoms with Crippen LogP contribution >= 0.6 is 22.6 Å². The van der Waals surface area contributed by atoms with Crippen molar-refractivity contribution in [2.45, 2.75) is 20.8 Å². The van der Waals surface area contributed by atoms with Gasteiger partial charge in [0.2, 0.25) is 5.91 Å². The minimum Gasteiger partial charge on any atom is -0.325 e. The van der Waals surface area contributed by atoms with Crippen molar-refractivity contribution in [2.24, 2.45) is 0 Å². The fourth-order valence-corrected chi connectivity index (χ4v) is 1.78. The molecule has 1 rings (SSSR count). The fraction of sp³-hybridized carbons (Fsp3) is 0.250. The molecule has 1 amide bonds. The first kappa shape index (κ1) is 12.2. The van der Waals surface area contributed by atoms with E-state index in [0.29, 0.717) is 0 Å². The van der Waals surface area contributed by atoms with Gasteiger partial charge >= 0.3 is 0 Å². The van der Waals surface area contributed by atoms with Gasteiger partial charge in [0.15, 0.2) is 0 Å². The molecule has 0 radical (unpaired) electrons. The van der Waals surface area contributed by atoms with Crippen LogP contribution in [0, 0.1) is 13.8 Å². The maximum atomic E-state index is 11.0. The third-order valence-electron chi connectivity index (χ3n) is 2.24. The highest BCUT2D eigenvalue weighted by Gasteiger charge is 2.03. The van der Waals surface area contributed by atoms with Gasteiger partial charge < -0.3 is 5.32 Å². The van der Waals surface area contributed by atoms with Crippen LogP contribution in [0.3, 0.4) is 0 Å². The molecule has 15 heavy (non-hydrogen) atoms. The molecular weight excluding hydrogens is 301 g/mol. The molecule has 0 saturated heterocycles. The Bertz CT molecular complexity index is 410. The third-order valence-corrected chi connectivity index (χ3v) is 2.86. The molecule has 1 aromatic rings. The summed E-state index contributed by atoms with van der Waals surface area (Å²) in [6.45, 7) is 5.66. The zero-order valence-electron chi connectivity index (χ0n) is 9.10. The average molecular weight is 315 g/mol. The summed E-state index contributed by atoms with van der Waals surface area (Å²) in [6.07, 6.45) is 0. The minimum atomic E-state index is -0.0452. The van der Waals surface area contributed by atoms with E-state index in [9.17, 15) is 4.79 Å². The Morgan fingerprint density at radius 2 is 2.00 bits per heavy atom. The van der Waals surface area contributed by atoms with Gasteiger partial charge in [0.1, 0.15) is 0 Å². The van der Waals surface area contributed by atoms with Crippen molar-refractivity contribution in [3.05, 3.63) is 39.0 Å². The average Bonchev–Trinajstić information content (AvgIpc) is 2.18. The van der Waals surface area contributed by atoms with Gasteiger partial charge in [-0.15, -0.1) is 0 Å². The van der Waals surface area contributed by atoms with E-state index in [0.717, 1.165) is 11.3 Å². The molecule has 2 nitrogen and oxygen atoms in total. The lowest BCUT2D eigenvalue weighted by Gasteiger charge is -2.09. The van der Waals surface area contributed by atoms with E-state index in [1.807, 2.05) is 10.1 Å². The number of amides is 1. The van der Waals surface area contributed by atoms with Crippen LogP contribution in [0.5, 0.6) is 0 Å². The summed E-state index contributed by atoms with van der Waals surface area (Å²) in [5.41, 5.74) is 4.39. The molecule has 0 aliphatic carbocycles. The highest BCUT2D eigenvalue weighted by Crippen LogP contribution is 2.17. The Balaban J connectivity index is 3.03. The molecule has 0 aliphatic rings. The summed E-state index contributed by atoms with van der Waals surface area (Å²) < 4.78 is 1.88. The van der Waals surface area contributed by atoms with Crippen molar-refractivity contribution in [2.75, 3.05) is 0 Å². The number of hydrogen-bond acceptors (Lipinski definition) is 1. The van der Waals surface area contributed by atoms with Crippen LogP contribution in [-0.4, -0.2) is 5.91 Å². The summed E-state index contributed by atoms with van der Waals surface area (Å²) in [4.78, 5) is 11.0. The number of carbonyl (C=O) groups is 1. The number of aryl methyl sites for hydroxylation is 2. The van der Waals surface area contributed by atoms with E-state index in [-0.39, 0.29) is 5.91 Å². The van der Waals surface area contributed by atoms with Gasteiger partial charge in [-0.1, -0.05) is 34.7 Å². The van der Waals surface area contributed by atoms with Crippen molar-refractivity contribution in [1.82, 2.24) is 5.32 Å².